The molecule has 0 aliphatic rings. The van der Waals surface area contributed by atoms with Crippen molar-refractivity contribution >= 4 is 21.6 Å². The maximum absolute atomic E-state index is 9.57. The second-order valence-electron chi connectivity index (χ2n) is 3.66. The lowest BCUT2D eigenvalue weighted by molar-refractivity contribution is 0.0496. The molecule has 0 aromatic heterocycles. The Morgan fingerprint density at radius 2 is 2.25 bits per heavy atom. The van der Waals surface area contributed by atoms with Gasteiger partial charge < -0.3 is 15.2 Å². The lowest BCUT2D eigenvalue weighted by atomic mass is 10.2. The predicted molar refractivity (Wildman–Crippen MR) is 69.9 cm³/mol. The van der Waals surface area contributed by atoms with Gasteiger partial charge >= 0.3 is 0 Å². The Labute approximate surface area is 105 Å². The first kappa shape index (κ1) is 13.5. The molecule has 1 aromatic rings. The van der Waals surface area contributed by atoms with Gasteiger partial charge in [0.1, 0.15) is 0 Å². The zero-order valence-corrected chi connectivity index (χ0v) is 11.3. The van der Waals surface area contributed by atoms with Gasteiger partial charge in [-0.05, 0) is 37.6 Å². The Bertz CT molecular complexity index is 331. The number of nitrogens with one attached hydrogen (secondary N) is 1. The fourth-order valence-corrected chi connectivity index (χ4v) is 1.55. The molecule has 1 rings (SSSR count). The minimum Gasteiger partial charge on any atom is -0.389 e. The Morgan fingerprint density at radius 3 is 2.88 bits per heavy atom. The van der Waals surface area contributed by atoms with Crippen LogP contribution in [0.25, 0.3) is 0 Å². The van der Waals surface area contributed by atoms with E-state index in [-0.39, 0.29) is 0 Å². The third kappa shape index (κ3) is 4.51. The van der Waals surface area contributed by atoms with E-state index in [1.165, 1.54) is 5.56 Å². The summed E-state index contributed by atoms with van der Waals surface area (Å²) in [7, 11) is 0. The minimum atomic E-state index is -0.469. The topological polar surface area (TPSA) is 41.5 Å². The molecule has 1 aromatic carbocycles. The molecule has 0 spiro atoms. The number of ether oxygens (including phenoxy) is 1. The van der Waals surface area contributed by atoms with Crippen molar-refractivity contribution in [3.8, 4) is 0 Å². The summed E-state index contributed by atoms with van der Waals surface area (Å²) in [5.74, 6) is 0. The number of rotatable bonds is 6. The van der Waals surface area contributed by atoms with Crippen LogP contribution in [0.2, 0.25) is 0 Å². The number of hydrogen-bond acceptors (Lipinski definition) is 3. The number of hydrogen-bond donors (Lipinski definition) is 2. The summed E-state index contributed by atoms with van der Waals surface area (Å²) in [4.78, 5) is 0. The standard InChI is InChI=1S/C12H18BrNO2/c1-3-16-8-11(15)7-14-10-4-5-12(13)9(2)6-10/h4-6,11,14-15H,3,7-8H2,1-2H3. The van der Waals surface area contributed by atoms with E-state index in [0.29, 0.717) is 19.8 Å². The molecular formula is C12H18BrNO2. The van der Waals surface area contributed by atoms with Gasteiger partial charge in [-0.15, -0.1) is 0 Å². The zero-order valence-electron chi connectivity index (χ0n) is 9.66. The highest BCUT2D eigenvalue weighted by Crippen LogP contribution is 2.19. The van der Waals surface area contributed by atoms with Crippen molar-refractivity contribution in [2.24, 2.45) is 0 Å². The van der Waals surface area contributed by atoms with Crippen LogP contribution < -0.4 is 5.32 Å². The number of benzene rings is 1. The van der Waals surface area contributed by atoms with Gasteiger partial charge in [0, 0.05) is 23.3 Å². The first-order valence-electron chi connectivity index (χ1n) is 5.39. The number of aryl methyl sites for hydroxylation is 1. The summed E-state index contributed by atoms with van der Waals surface area (Å²) < 4.78 is 6.22. The van der Waals surface area contributed by atoms with Gasteiger partial charge in [-0.25, -0.2) is 0 Å². The SMILES string of the molecule is CCOCC(O)CNc1ccc(Br)c(C)c1. The van der Waals surface area contributed by atoms with Crippen LogP contribution in [-0.4, -0.2) is 31.0 Å². The van der Waals surface area contributed by atoms with Crippen molar-refractivity contribution in [1.82, 2.24) is 0 Å². The summed E-state index contributed by atoms with van der Waals surface area (Å²) >= 11 is 3.45. The zero-order chi connectivity index (χ0) is 12.0. The van der Waals surface area contributed by atoms with Crippen LogP contribution in [0.15, 0.2) is 22.7 Å². The van der Waals surface area contributed by atoms with E-state index in [1.54, 1.807) is 0 Å². The van der Waals surface area contributed by atoms with Gasteiger partial charge in [-0.3, -0.25) is 0 Å². The third-order valence-corrected chi connectivity index (χ3v) is 3.10. The quantitative estimate of drug-likeness (QED) is 0.845. The molecule has 0 amide bonds. The molecule has 0 saturated carbocycles. The van der Waals surface area contributed by atoms with Crippen molar-refractivity contribution in [3.63, 3.8) is 0 Å². The molecule has 0 heterocycles. The first-order valence-corrected chi connectivity index (χ1v) is 6.18. The lowest BCUT2D eigenvalue weighted by Crippen LogP contribution is -2.24. The molecule has 2 N–H and O–H groups in total. The first-order chi connectivity index (χ1) is 7.63. The fourth-order valence-electron chi connectivity index (χ4n) is 1.30. The van der Waals surface area contributed by atoms with E-state index in [0.717, 1.165) is 10.2 Å². The third-order valence-electron chi connectivity index (χ3n) is 2.21. The van der Waals surface area contributed by atoms with Crippen LogP contribution in [0.4, 0.5) is 5.69 Å². The summed E-state index contributed by atoms with van der Waals surface area (Å²) in [6.45, 7) is 5.46. The van der Waals surface area contributed by atoms with Crippen LogP contribution in [-0.2, 0) is 4.74 Å². The van der Waals surface area contributed by atoms with Crippen LogP contribution in [0, 0.1) is 6.92 Å². The van der Waals surface area contributed by atoms with Crippen molar-refractivity contribution in [2.75, 3.05) is 25.1 Å². The predicted octanol–water partition coefficient (Wildman–Crippen LogP) is 2.57. The Balaban J connectivity index is 2.39. The summed E-state index contributed by atoms with van der Waals surface area (Å²) in [5.41, 5.74) is 2.18. The Hall–Kier alpha value is -0.580. The number of anilines is 1. The molecule has 1 atom stereocenters. The maximum atomic E-state index is 9.57. The normalized spacial score (nSPS) is 12.5. The molecule has 0 aliphatic heterocycles. The average Bonchev–Trinajstić information content (AvgIpc) is 2.28. The monoisotopic (exact) mass is 287 g/mol. The van der Waals surface area contributed by atoms with Gasteiger partial charge in [-0.2, -0.15) is 0 Å². The van der Waals surface area contributed by atoms with Gasteiger partial charge in [0.25, 0.3) is 0 Å². The van der Waals surface area contributed by atoms with Crippen molar-refractivity contribution in [3.05, 3.63) is 28.2 Å². The lowest BCUT2D eigenvalue weighted by Gasteiger charge is -2.13. The van der Waals surface area contributed by atoms with Crippen LogP contribution in [0.3, 0.4) is 0 Å². The Morgan fingerprint density at radius 1 is 1.50 bits per heavy atom. The highest BCUT2D eigenvalue weighted by atomic mass is 79.9. The molecule has 3 nitrogen and oxygen atoms in total. The van der Waals surface area contributed by atoms with Crippen LogP contribution in [0.5, 0.6) is 0 Å². The molecule has 0 saturated heterocycles. The molecule has 0 bridgehead atoms. The van der Waals surface area contributed by atoms with Crippen LogP contribution in [0.1, 0.15) is 12.5 Å². The van der Waals surface area contributed by atoms with E-state index >= 15 is 0 Å². The molecule has 1 unspecified atom stereocenters. The largest absolute Gasteiger partial charge is 0.389 e. The number of aliphatic hydroxyl groups excluding tert-OH is 1. The average molecular weight is 288 g/mol. The second-order valence-corrected chi connectivity index (χ2v) is 4.51. The van der Waals surface area contributed by atoms with E-state index in [2.05, 4.69) is 21.2 Å². The second kappa shape index (κ2) is 6.89. The molecular weight excluding hydrogens is 270 g/mol. The summed E-state index contributed by atoms with van der Waals surface area (Å²) in [6, 6.07) is 6.01. The minimum absolute atomic E-state index is 0.374. The van der Waals surface area contributed by atoms with Crippen molar-refractivity contribution in [1.29, 1.82) is 0 Å². The molecule has 4 heteroatoms. The van der Waals surface area contributed by atoms with Crippen molar-refractivity contribution in [2.45, 2.75) is 20.0 Å². The molecule has 16 heavy (non-hydrogen) atoms. The highest BCUT2D eigenvalue weighted by Gasteiger charge is 2.04. The van der Waals surface area contributed by atoms with Gasteiger partial charge in [0.15, 0.2) is 0 Å². The number of aliphatic hydroxyl groups is 1. The van der Waals surface area contributed by atoms with Gasteiger partial charge in [-0.1, -0.05) is 15.9 Å². The van der Waals surface area contributed by atoms with E-state index < -0.39 is 6.10 Å². The number of halogens is 1. The summed E-state index contributed by atoms with van der Waals surface area (Å²) in [5, 5.41) is 12.7. The van der Waals surface area contributed by atoms with Crippen LogP contribution >= 0.6 is 15.9 Å². The molecule has 0 fully saturated rings. The fraction of sp³-hybridized carbons (Fsp3) is 0.500. The highest BCUT2D eigenvalue weighted by molar-refractivity contribution is 9.10. The van der Waals surface area contributed by atoms with Gasteiger partial charge in [0.2, 0.25) is 0 Å². The molecule has 0 aliphatic carbocycles. The molecule has 0 radical (unpaired) electrons. The van der Waals surface area contributed by atoms with E-state index in [1.807, 2.05) is 32.0 Å². The summed E-state index contributed by atoms with van der Waals surface area (Å²) in [6.07, 6.45) is -0.469. The van der Waals surface area contributed by atoms with Crippen molar-refractivity contribution < 1.29 is 9.84 Å². The molecule has 90 valence electrons. The Kier molecular flexibility index (Phi) is 5.80. The van der Waals surface area contributed by atoms with Gasteiger partial charge in [0.05, 0.1) is 12.7 Å². The van der Waals surface area contributed by atoms with E-state index in [4.69, 9.17) is 4.74 Å². The smallest absolute Gasteiger partial charge is 0.0945 e. The van der Waals surface area contributed by atoms with E-state index in [9.17, 15) is 5.11 Å². The maximum Gasteiger partial charge on any atom is 0.0945 e.